The van der Waals surface area contributed by atoms with Crippen molar-refractivity contribution in [3.63, 3.8) is 0 Å². The second-order valence-electron chi connectivity index (χ2n) is 8.60. The summed E-state index contributed by atoms with van der Waals surface area (Å²) < 4.78 is 5.78. The minimum Gasteiger partial charge on any atom is -0.382 e. The third kappa shape index (κ3) is 3.68. The molecule has 0 aromatic carbocycles. The normalized spacial score (nSPS) is 15.0. The van der Waals surface area contributed by atoms with Gasteiger partial charge in [0.15, 0.2) is 0 Å². The summed E-state index contributed by atoms with van der Waals surface area (Å²) in [6.45, 7) is 26.8. The van der Waals surface area contributed by atoms with Gasteiger partial charge in [0.1, 0.15) is 0 Å². The van der Waals surface area contributed by atoms with Gasteiger partial charge in [-0.05, 0) is 13.0 Å². The van der Waals surface area contributed by atoms with Gasteiger partial charge >= 0.3 is 0 Å². The van der Waals surface area contributed by atoms with Crippen LogP contribution >= 0.6 is 0 Å². The minimum absolute atomic E-state index is 0.883. The Morgan fingerprint density at radius 3 is 1.22 bits per heavy atom. The van der Waals surface area contributed by atoms with Crippen LogP contribution in [0.25, 0.3) is 0 Å². The Bertz CT molecular complexity index is 222. The molecule has 0 aromatic heterocycles. The van der Waals surface area contributed by atoms with Crippen LogP contribution in [-0.2, 0) is 4.74 Å². The molecule has 0 saturated heterocycles. The largest absolute Gasteiger partial charge is 0.382 e. The van der Waals surface area contributed by atoms with Crippen molar-refractivity contribution in [2.45, 2.75) is 71.9 Å². The number of hydrogen-bond donors (Lipinski definition) is 0. The van der Waals surface area contributed by atoms with Crippen molar-refractivity contribution in [1.29, 1.82) is 0 Å². The lowest BCUT2D eigenvalue weighted by Gasteiger charge is -2.57. The average molecular weight is 321 g/mol. The lowest BCUT2D eigenvalue weighted by atomic mass is 10.8. The molecule has 0 saturated carbocycles. The van der Waals surface area contributed by atoms with Gasteiger partial charge in [-0.1, -0.05) is 58.9 Å². The molecule has 0 atom stereocenters. The first-order chi connectivity index (χ1) is 7.81. The van der Waals surface area contributed by atoms with Gasteiger partial charge in [-0.3, -0.25) is 0 Å². The van der Waals surface area contributed by atoms with Gasteiger partial charge in [0, 0.05) is 42.6 Å². The number of ether oxygens (including phenoxy) is 1. The summed E-state index contributed by atoms with van der Waals surface area (Å²) in [5.41, 5.74) is 0. The van der Waals surface area contributed by atoms with Crippen LogP contribution in [0.4, 0.5) is 0 Å². The molecule has 0 amide bonds. The highest BCUT2D eigenvalue weighted by atomic mass is 29.9. The van der Waals surface area contributed by atoms with E-state index in [1.165, 1.54) is 6.04 Å². The van der Waals surface area contributed by atoms with Crippen molar-refractivity contribution in [2.24, 2.45) is 0 Å². The summed E-state index contributed by atoms with van der Waals surface area (Å²) in [5.74, 6) is 0. The molecule has 110 valence electrons. The highest BCUT2D eigenvalue weighted by Crippen LogP contribution is 2.39. The second-order valence-corrected chi connectivity index (χ2v) is 50.1. The maximum Gasteiger partial charge on any atom is 0.0437 e. The molecule has 0 rings (SSSR count). The molecule has 5 heteroatoms. The standard InChI is InChI=1S/C13H36OSi4/c1-11-14-12-13-18(15(2,3)4,16(5,6)7)17(8,9)10/h11-13H2,1-10H3. The molecule has 0 aliphatic carbocycles. The zero-order chi connectivity index (χ0) is 14.8. The summed E-state index contributed by atoms with van der Waals surface area (Å²) in [6, 6.07) is 1.45. The lowest BCUT2D eigenvalue weighted by Crippen LogP contribution is -2.82. The predicted octanol–water partition coefficient (Wildman–Crippen LogP) is 4.72. The molecule has 0 unspecified atom stereocenters. The highest BCUT2D eigenvalue weighted by molar-refractivity contribution is 7.89. The van der Waals surface area contributed by atoms with Crippen LogP contribution < -0.4 is 0 Å². The maximum atomic E-state index is 5.78. The molecule has 0 radical (unpaired) electrons. The van der Waals surface area contributed by atoms with E-state index in [0.29, 0.717) is 0 Å². The van der Waals surface area contributed by atoms with E-state index in [1.807, 2.05) is 0 Å². The van der Waals surface area contributed by atoms with Crippen molar-refractivity contribution in [3.8, 4) is 0 Å². The van der Waals surface area contributed by atoms with E-state index in [2.05, 4.69) is 65.8 Å². The third-order valence-electron chi connectivity index (χ3n) is 4.67. The Hall–Kier alpha value is 0.828. The first-order valence-corrected chi connectivity index (χ1v) is 23.1. The summed E-state index contributed by atoms with van der Waals surface area (Å²) in [4.78, 5) is 0. The van der Waals surface area contributed by atoms with Crippen LogP contribution in [0.5, 0.6) is 0 Å². The van der Waals surface area contributed by atoms with Gasteiger partial charge in [-0.2, -0.15) is 0 Å². The highest BCUT2D eigenvalue weighted by Gasteiger charge is 2.60. The van der Waals surface area contributed by atoms with E-state index < -0.39 is 29.4 Å². The van der Waals surface area contributed by atoms with Crippen LogP contribution in [0, 0.1) is 0 Å². The Balaban J connectivity index is 5.61. The molecule has 0 aromatic rings. The lowest BCUT2D eigenvalue weighted by molar-refractivity contribution is 0.161. The molecular formula is C13H36OSi4. The van der Waals surface area contributed by atoms with Gasteiger partial charge in [0.25, 0.3) is 0 Å². The minimum atomic E-state index is -1.15. The molecule has 0 aliphatic rings. The summed E-state index contributed by atoms with van der Waals surface area (Å²) in [6.07, 6.45) is 0. The van der Waals surface area contributed by atoms with Crippen LogP contribution in [-0.4, -0.2) is 42.6 Å². The first kappa shape index (κ1) is 18.8. The molecule has 18 heavy (non-hydrogen) atoms. The molecule has 0 heterocycles. The maximum absolute atomic E-state index is 5.78. The van der Waals surface area contributed by atoms with Gasteiger partial charge in [-0.15, -0.1) is 0 Å². The van der Waals surface area contributed by atoms with E-state index in [4.69, 9.17) is 4.74 Å². The number of rotatable bonds is 7. The van der Waals surface area contributed by atoms with Crippen molar-refractivity contribution in [2.75, 3.05) is 13.2 Å². The number of hydrogen-bond acceptors (Lipinski definition) is 1. The Labute approximate surface area is 119 Å². The Kier molecular flexibility index (Phi) is 6.35. The topological polar surface area (TPSA) is 9.23 Å². The van der Waals surface area contributed by atoms with Crippen LogP contribution in [0.15, 0.2) is 0 Å². The zero-order valence-corrected chi connectivity index (χ0v) is 18.5. The molecule has 0 fully saturated rings. The fraction of sp³-hybridized carbons (Fsp3) is 1.00. The zero-order valence-electron chi connectivity index (χ0n) is 14.5. The molecule has 0 spiro atoms. The summed E-state index contributed by atoms with van der Waals surface area (Å²) >= 11 is 0. The Morgan fingerprint density at radius 2 is 1.00 bits per heavy atom. The van der Waals surface area contributed by atoms with Crippen molar-refractivity contribution in [3.05, 3.63) is 0 Å². The van der Waals surface area contributed by atoms with E-state index in [-0.39, 0.29) is 0 Å². The quantitative estimate of drug-likeness (QED) is 0.487. The van der Waals surface area contributed by atoms with Crippen LogP contribution in [0.2, 0.25) is 65.0 Å². The predicted molar refractivity (Wildman–Crippen MR) is 97.1 cm³/mol. The molecule has 0 N–H and O–H groups in total. The van der Waals surface area contributed by atoms with Gasteiger partial charge in [0.2, 0.25) is 0 Å². The Morgan fingerprint density at radius 1 is 0.667 bits per heavy atom. The molecule has 0 bridgehead atoms. The third-order valence-corrected chi connectivity index (χ3v) is 79.1. The van der Waals surface area contributed by atoms with Gasteiger partial charge in [0.05, 0.1) is 0 Å². The summed E-state index contributed by atoms with van der Waals surface area (Å²) in [7, 11) is -3.23. The fourth-order valence-corrected chi connectivity index (χ4v) is 103. The van der Waals surface area contributed by atoms with E-state index in [0.717, 1.165) is 13.2 Å². The van der Waals surface area contributed by atoms with Crippen molar-refractivity contribution < 1.29 is 4.74 Å². The first-order valence-electron chi connectivity index (χ1n) is 7.39. The monoisotopic (exact) mass is 320 g/mol. The van der Waals surface area contributed by atoms with Crippen molar-refractivity contribution >= 4 is 29.4 Å². The molecule has 1 nitrogen and oxygen atoms in total. The van der Waals surface area contributed by atoms with Crippen LogP contribution in [0.3, 0.4) is 0 Å². The smallest absolute Gasteiger partial charge is 0.0437 e. The van der Waals surface area contributed by atoms with Crippen molar-refractivity contribution in [1.82, 2.24) is 0 Å². The van der Waals surface area contributed by atoms with Gasteiger partial charge < -0.3 is 4.74 Å². The second kappa shape index (κ2) is 6.07. The van der Waals surface area contributed by atoms with E-state index >= 15 is 0 Å². The average Bonchev–Trinajstić information content (AvgIpc) is 2.05. The molecular weight excluding hydrogens is 284 g/mol. The van der Waals surface area contributed by atoms with Gasteiger partial charge in [-0.25, -0.2) is 0 Å². The van der Waals surface area contributed by atoms with E-state index in [1.54, 1.807) is 0 Å². The molecule has 0 aliphatic heterocycles. The fourth-order valence-electron chi connectivity index (χ4n) is 4.87. The van der Waals surface area contributed by atoms with Crippen LogP contribution in [0.1, 0.15) is 6.92 Å². The SMILES string of the molecule is CCOCC[Si]([Si](C)(C)C)([Si](C)(C)C)[Si](C)(C)C. The summed E-state index contributed by atoms with van der Waals surface area (Å²) in [5, 5.41) is 0. The van der Waals surface area contributed by atoms with E-state index in [9.17, 15) is 0 Å².